The van der Waals surface area contributed by atoms with Crippen LogP contribution in [-0.2, 0) is 4.79 Å². The highest BCUT2D eigenvalue weighted by atomic mass is 16.2. The van der Waals surface area contributed by atoms with E-state index in [0.29, 0.717) is 6.42 Å². The smallest absolute Gasteiger partial charge is 0.230 e. The monoisotopic (exact) mass is 285 g/mol. The van der Waals surface area contributed by atoms with E-state index in [2.05, 4.69) is 24.1 Å². The summed E-state index contributed by atoms with van der Waals surface area (Å²) in [6.07, 6.45) is 5.70. The van der Waals surface area contributed by atoms with Crippen molar-refractivity contribution in [2.75, 3.05) is 11.9 Å². The van der Waals surface area contributed by atoms with Crippen molar-refractivity contribution < 1.29 is 9.90 Å². The van der Waals surface area contributed by atoms with Crippen LogP contribution in [0.4, 0.5) is 5.69 Å². The van der Waals surface area contributed by atoms with Gasteiger partial charge in [0.15, 0.2) is 0 Å². The highest BCUT2D eigenvalue weighted by molar-refractivity contribution is 5.95. The molecule has 1 aliphatic carbocycles. The maximum absolute atomic E-state index is 12.5. The van der Waals surface area contributed by atoms with Gasteiger partial charge < -0.3 is 10.4 Å². The van der Waals surface area contributed by atoms with E-state index in [1.165, 1.54) is 0 Å². The molecule has 1 amide bonds. The first-order chi connectivity index (χ1) is 10.2. The number of amides is 1. The van der Waals surface area contributed by atoms with E-state index < -0.39 is 0 Å². The van der Waals surface area contributed by atoms with E-state index in [4.69, 9.17) is 5.11 Å². The number of nitrogens with one attached hydrogen (secondary N) is 1. The summed E-state index contributed by atoms with van der Waals surface area (Å²) >= 11 is 0. The predicted molar refractivity (Wildman–Crippen MR) is 84.8 cm³/mol. The van der Waals surface area contributed by atoms with Crippen molar-refractivity contribution in [1.29, 1.82) is 0 Å². The van der Waals surface area contributed by atoms with E-state index in [0.717, 1.165) is 43.4 Å². The lowest BCUT2D eigenvalue weighted by Gasteiger charge is -2.26. The summed E-state index contributed by atoms with van der Waals surface area (Å²) in [6.45, 7) is 2.19. The van der Waals surface area contributed by atoms with Gasteiger partial charge in [0.05, 0.1) is 6.61 Å². The molecule has 1 aromatic rings. The van der Waals surface area contributed by atoms with Gasteiger partial charge in [-0.05, 0) is 43.5 Å². The summed E-state index contributed by atoms with van der Waals surface area (Å²) < 4.78 is 0. The highest BCUT2D eigenvalue weighted by Gasteiger charge is 2.39. The molecular formula is C18H23NO2. The molecule has 0 aromatic heterocycles. The van der Waals surface area contributed by atoms with Gasteiger partial charge in [0.1, 0.15) is 0 Å². The SMILES string of the molecule is CCC1(C(=O)Nc2ccc(C#CCCO)cc2)CCCC1. The second-order valence-corrected chi connectivity index (χ2v) is 5.65. The number of aliphatic hydroxyl groups excluding tert-OH is 1. The third-order valence-electron chi connectivity index (χ3n) is 4.33. The van der Waals surface area contributed by atoms with E-state index in [9.17, 15) is 4.79 Å². The molecule has 21 heavy (non-hydrogen) atoms. The first-order valence-electron chi connectivity index (χ1n) is 7.71. The van der Waals surface area contributed by atoms with Crippen LogP contribution in [0.5, 0.6) is 0 Å². The van der Waals surface area contributed by atoms with E-state index in [1.807, 2.05) is 24.3 Å². The zero-order valence-electron chi connectivity index (χ0n) is 12.6. The number of carbonyl (C=O) groups excluding carboxylic acids is 1. The van der Waals surface area contributed by atoms with Crippen LogP contribution in [0, 0.1) is 17.3 Å². The molecule has 1 saturated carbocycles. The van der Waals surface area contributed by atoms with Gasteiger partial charge in [-0.25, -0.2) is 0 Å². The summed E-state index contributed by atoms with van der Waals surface area (Å²) in [7, 11) is 0. The molecule has 0 heterocycles. The van der Waals surface area contributed by atoms with Crippen molar-refractivity contribution in [3.8, 4) is 11.8 Å². The Bertz CT molecular complexity index is 531. The topological polar surface area (TPSA) is 49.3 Å². The number of hydrogen-bond donors (Lipinski definition) is 2. The van der Waals surface area contributed by atoms with Crippen LogP contribution in [-0.4, -0.2) is 17.6 Å². The number of anilines is 1. The average Bonchev–Trinajstić information content (AvgIpc) is 2.99. The van der Waals surface area contributed by atoms with Crippen molar-refractivity contribution in [2.45, 2.75) is 45.4 Å². The molecule has 3 heteroatoms. The number of carbonyl (C=O) groups is 1. The molecule has 3 nitrogen and oxygen atoms in total. The number of aliphatic hydroxyl groups is 1. The molecule has 0 bridgehead atoms. The molecule has 2 N–H and O–H groups in total. The summed E-state index contributed by atoms with van der Waals surface area (Å²) in [5, 5.41) is 11.7. The third kappa shape index (κ3) is 3.86. The lowest BCUT2D eigenvalue weighted by atomic mass is 9.82. The van der Waals surface area contributed by atoms with Crippen molar-refractivity contribution in [1.82, 2.24) is 0 Å². The predicted octanol–water partition coefficient (Wildman–Crippen LogP) is 3.33. The lowest BCUT2D eigenvalue weighted by Crippen LogP contribution is -2.33. The fraction of sp³-hybridized carbons (Fsp3) is 0.500. The van der Waals surface area contributed by atoms with Crippen molar-refractivity contribution >= 4 is 11.6 Å². The van der Waals surface area contributed by atoms with E-state index in [1.54, 1.807) is 0 Å². The molecule has 1 aliphatic rings. The Kier molecular flexibility index (Phi) is 5.41. The maximum atomic E-state index is 12.5. The van der Waals surface area contributed by atoms with Crippen LogP contribution in [0.2, 0.25) is 0 Å². The molecule has 0 aliphatic heterocycles. The minimum absolute atomic E-state index is 0.0836. The molecule has 0 unspecified atom stereocenters. The maximum Gasteiger partial charge on any atom is 0.230 e. The molecule has 0 radical (unpaired) electrons. The summed E-state index contributed by atoms with van der Waals surface area (Å²) in [5.74, 6) is 6.02. The van der Waals surface area contributed by atoms with Crippen LogP contribution < -0.4 is 5.32 Å². The minimum atomic E-state index is -0.167. The standard InChI is InChI=1S/C18H23NO2/c1-2-18(12-4-5-13-18)17(21)19-16-10-8-15(9-11-16)7-3-6-14-20/h8-11,20H,2,4-6,12-14H2,1H3,(H,19,21). The first kappa shape index (κ1) is 15.6. The van der Waals surface area contributed by atoms with E-state index >= 15 is 0 Å². The highest BCUT2D eigenvalue weighted by Crippen LogP contribution is 2.41. The minimum Gasteiger partial charge on any atom is -0.395 e. The average molecular weight is 285 g/mol. The Morgan fingerprint density at radius 1 is 1.29 bits per heavy atom. The summed E-state index contributed by atoms with van der Waals surface area (Å²) in [5.41, 5.74) is 1.56. The van der Waals surface area contributed by atoms with Gasteiger partial charge in [-0.1, -0.05) is 31.6 Å². The molecule has 1 aromatic carbocycles. The fourth-order valence-electron chi connectivity index (χ4n) is 2.91. The van der Waals surface area contributed by atoms with Gasteiger partial charge in [-0.3, -0.25) is 4.79 Å². The van der Waals surface area contributed by atoms with Gasteiger partial charge in [-0.2, -0.15) is 0 Å². The molecular weight excluding hydrogens is 262 g/mol. The zero-order chi connectivity index (χ0) is 15.1. The van der Waals surface area contributed by atoms with Gasteiger partial charge in [0.2, 0.25) is 5.91 Å². The second kappa shape index (κ2) is 7.28. The van der Waals surface area contributed by atoms with Crippen LogP contribution in [0.25, 0.3) is 0 Å². The molecule has 0 atom stereocenters. The second-order valence-electron chi connectivity index (χ2n) is 5.65. The van der Waals surface area contributed by atoms with Crippen molar-refractivity contribution in [2.24, 2.45) is 5.41 Å². The van der Waals surface area contributed by atoms with Crippen molar-refractivity contribution in [3.63, 3.8) is 0 Å². The fourth-order valence-corrected chi connectivity index (χ4v) is 2.91. The van der Waals surface area contributed by atoms with Crippen LogP contribution in [0.3, 0.4) is 0 Å². The number of hydrogen-bond acceptors (Lipinski definition) is 2. The van der Waals surface area contributed by atoms with Crippen LogP contribution in [0.15, 0.2) is 24.3 Å². The number of rotatable bonds is 4. The summed E-state index contributed by atoms with van der Waals surface area (Å²) in [6, 6.07) is 7.57. The number of benzene rings is 1. The molecule has 112 valence electrons. The first-order valence-corrected chi connectivity index (χ1v) is 7.71. The van der Waals surface area contributed by atoms with Gasteiger partial charge >= 0.3 is 0 Å². The largest absolute Gasteiger partial charge is 0.395 e. The van der Waals surface area contributed by atoms with Gasteiger partial charge in [0, 0.05) is 23.1 Å². The van der Waals surface area contributed by atoms with Crippen LogP contribution in [0.1, 0.15) is 51.0 Å². The Hall–Kier alpha value is -1.79. The molecule has 2 rings (SSSR count). The Morgan fingerprint density at radius 3 is 2.52 bits per heavy atom. The van der Waals surface area contributed by atoms with Crippen molar-refractivity contribution in [3.05, 3.63) is 29.8 Å². The molecule has 0 saturated heterocycles. The third-order valence-corrected chi connectivity index (χ3v) is 4.33. The van der Waals surface area contributed by atoms with Gasteiger partial charge in [0.25, 0.3) is 0 Å². The zero-order valence-corrected chi connectivity index (χ0v) is 12.6. The Morgan fingerprint density at radius 2 is 1.95 bits per heavy atom. The lowest BCUT2D eigenvalue weighted by molar-refractivity contribution is -0.125. The molecule has 1 fully saturated rings. The van der Waals surface area contributed by atoms with Crippen LogP contribution >= 0.6 is 0 Å². The van der Waals surface area contributed by atoms with Gasteiger partial charge in [-0.15, -0.1) is 0 Å². The molecule has 0 spiro atoms. The normalized spacial score (nSPS) is 16.1. The Labute approximate surface area is 126 Å². The summed E-state index contributed by atoms with van der Waals surface area (Å²) in [4.78, 5) is 12.5. The Balaban J connectivity index is 2.00. The van der Waals surface area contributed by atoms with E-state index in [-0.39, 0.29) is 17.9 Å². The quantitative estimate of drug-likeness (QED) is 0.834.